The maximum Gasteiger partial charge on any atom is 0.227 e. The van der Waals surface area contributed by atoms with Crippen molar-refractivity contribution in [2.75, 3.05) is 32.8 Å². The maximum atomic E-state index is 12.4. The van der Waals surface area contributed by atoms with Gasteiger partial charge in [-0.1, -0.05) is 6.92 Å². The van der Waals surface area contributed by atoms with E-state index in [0.29, 0.717) is 5.92 Å². The van der Waals surface area contributed by atoms with Crippen LogP contribution < -0.4 is 10.6 Å². The molecule has 18 heavy (non-hydrogen) atoms. The molecule has 0 bridgehead atoms. The number of amides is 1. The second-order valence-electron chi connectivity index (χ2n) is 5.71. The van der Waals surface area contributed by atoms with Gasteiger partial charge in [0.05, 0.1) is 12.0 Å². The van der Waals surface area contributed by atoms with Crippen LogP contribution in [0.4, 0.5) is 0 Å². The molecule has 2 aliphatic heterocycles. The van der Waals surface area contributed by atoms with Gasteiger partial charge in [0.2, 0.25) is 5.91 Å². The first-order chi connectivity index (χ1) is 8.77. The highest BCUT2D eigenvalue weighted by Gasteiger charge is 2.37. The predicted molar refractivity (Wildman–Crippen MR) is 71.4 cm³/mol. The van der Waals surface area contributed by atoms with Gasteiger partial charge in [-0.2, -0.15) is 0 Å². The average molecular weight is 254 g/mol. The molecular formula is C14H26N2O2. The molecule has 2 rings (SSSR count). The first kappa shape index (κ1) is 13.8. The van der Waals surface area contributed by atoms with Crippen LogP contribution in [0.2, 0.25) is 0 Å². The minimum Gasteiger partial charge on any atom is -0.381 e. The third kappa shape index (κ3) is 3.23. The second-order valence-corrected chi connectivity index (χ2v) is 5.71. The van der Waals surface area contributed by atoms with E-state index in [0.717, 1.165) is 58.5 Å². The van der Waals surface area contributed by atoms with Crippen molar-refractivity contribution in [2.24, 2.45) is 11.3 Å². The van der Waals surface area contributed by atoms with E-state index >= 15 is 0 Å². The van der Waals surface area contributed by atoms with E-state index in [-0.39, 0.29) is 11.3 Å². The second kappa shape index (κ2) is 6.53. The van der Waals surface area contributed by atoms with Crippen LogP contribution in [0, 0.1) is 11.3 Å². The normalized spacial score (nSPS) is 33.1. The van der Waals surface area contributed by atoms with Gasteiger partial charge in [-0.15, -0.1) is 0 Å². The van der Waals surface area contributed by atoms with Crippen molar-refractivity contribution in [3.63, 3.8) is 0 Å². The number of ether oxygens (including phenoxy) is 1. The molecule has 4 nitrogen and oxygen atoms in total. The Kier molecular flexibility index (Phi) is 5.01. The predicted octanol–water partition coefficient (Wildman–Crippen LogP) is 1.31. The van der Waals surface area contributed by atoms with Crippen LogP contribution in [0.25, 0.3) is 0 Å². The van der Waals surface area contributed by atoms with Gasteiger partial charge in [0.15, 0.2) is 0 Å². The zero-order chi connectivity index (χ0) is 12.8. The van der Waals surface area contributed by atoms with E-state index in [1.165, 1.54) is 6.42 Å². The summed E-state index contributed by atoms with van der Waals surface area (Å²) in [6, 6.07) is 0. The molecule has 4 heteroatoms. The lowest BCUT2D eigenvalue weighted by Crippen LogP contribution is -2.51. The fourth-order valence-electron chi connectivity index (χ4n) is 3.02. The van der Waals surface area contributed by atoms with Crippen LogP contribution in [-0.2, 0) is 9.53 Å². The lowest BCUT2D eigenvalue weighted by atomic mass is 9.77. The van der Waals surface area contributed by atoms with Crippen LogP contribution in [0.1, 0.15) is 39.0 Å². The number of carbonyl (C=O) groups is 1. The van der Waals surface area contributed by atoms with E-state index in [1.807, 2.05) is 0 Å². The van der Waals surface area contributed by atoms with Crippen LogP contribution >= 0.6 is 0 Å². The molecule has 2 unspecified atom stereocenters. The Balaban J connectivity index is 1.81. The van der Waals surface area contributed by atoms with Gasteiger partial charge in [0.1, 0.15) is 0 Å². The van der Waals surface area contributed by atoms with Crippen LogP contribution in [0.15, 0.2) is 0 Å². The minimum absolute atomic E-state index is 0.173. The summed E-state index contributed by atoms with van der Waals surface area (Å²) in [4.78, 5) is 12.4. The molecule has 0 aromatic rings. The molecule has 0 spiro atoms. The third-order valence-electron chi connectivity index (χ3n) is 4.44. The molecule has 2 saturated heterocycles. The summed E-state index contributed by atoms with van der Waals surface area (Å²) >= 11 is 0. The van der Waals surface area contributed by atoms with E-state index in [4.69, 9.17) is 4.74 Å². The molecule has 2 fully saturated rings. The van der Waals surface area contributed by atoms with Gasteiger partial charge in [0.25, 0.3) is 0 Å². The van der Waals surface area contributed by atoms with Gasteiger partial charge < -0.3 is 15.4 Å². The van der Waals surface area contributed by atoms with Crippen molar-refractivity contribution in [2.45, 2.75) is 39.0 Å². The molecule has 0 radical (unpaired) electrons. The number of rotatable bonds is 4. The summed E-state index contributed by atoms with van der Waals surface area (Å²) < 4.78 is 5.45. The lowest BCUT2D eigenvalue weighted by Gasteiger charge is -2.36. The van der Waals surface area contributed by atoms with Crippen LogP contribution in [0.3, 0.4) is 0 Å². The standard InChI is InChI=1S/C14H26N2O2/c1-2-14(6-4-7-15-11-14)13(17)16-9-12-5-3-8-18-10-12/h12,15H,2-11H2,1H3,(H,16,17). The quantitative estimate of drug-likeness (QED) is 0.795. The summed E-state index contributed by atoms with van der Waals surface area (Å²) in [5.41, 5.74) is -0.173. The smallest absolute Gasteiger partial charge is 0.227 e. The Hall–Kier alpha value is -0.610. The fraction of sp³-hybridized carbons (Fsp3) is 0.929. The van der Waals surface area contributed by atoms with Crippen molar-refractivity contribution in [1.82, 2.24) is 10.6 Å². The van der Waals surface area contributed by atoms with Crippen molar-refractivity contribution in [3.05, 3.63) is 0 Å². The molecule has 104 valence electrons. The highest BCUT2D eigenvalue weighted by Crippen LogP contribution is 2.30. The van der Waals surface area contributed by atoms with Gasteiger partial charge in [-0.05, 0) is 44.6 Å². The Morgan fingerprint density at radius 2 is 2.39 bits per heavy atom. The first-order valence-corrected chi connectivity index (χ1v) is 7.33. The van der Waals surface area contributed by atoms with Gasteiger partial charge >= 0.3 is 0 Å². The number of piperidine rings is 1. The highest BCUT2D eigenvalue weighted by atomic mass is 16.5. The maximum absolute atomic E-state index is 12.4. The first-order valence-electron chi connectivity index (χ1n) is 7.33. The Bertz CT molecular complexity index is 269. The van der Waals surface area contributed by atoms with E-state index in [9.17, 15) is 4.79 Å². The fourth-order valence-corrected chi connectivity index (χ4v) is 3.02. The van der Waals surface area contributed by atoms with Crippen molar-refractivity contribution in [1.29, 1.82) is 0 Å². The molecule has 2 atom stereocenters. The Labute approximate surface area is 110 Å². The van der Waals surface area contributed by atoms with Crippen LogP contribution in [-0.4, -0.2) is 38.8 Å². The number of nitrogens with one attached hydrogen (secondary N) is 2. The molecule has 0 aromatic heterocycles. The molecule has 1 amide bonds. The highest BCUT2D eigenvalue weighted by molar-refractivity contribution is 5.83. The number of hydrogen-bond acceptors (Lipinski definition) is 3. The van der Waals surface area contributed by atoms with Crippen molar-refractivity contribution in [3.8, 4) is 0 Å². The summed E-state index contributed by atoms with van der Waals surface area (Å²) in [5, 5.41) is 6.51. The van der Waals surface area contributed by atoms with Crippen molar-refractivity contribution >= 4 is 5.91 Å². The molecule has 2 N–H and O–H groups in total. The molecule has 0 saturated carbocycles. The lowest BCUT2D eigenvalue weighted by molar-refractivity contribution is -0.132. The summed E-state index contributed by atoms with van der Waals surface area (Å²) in [6.07, 6.45) is 5.35. The molecule has 0 aliphatic carbocycles. The molecule has 0 aromatic carbocycles. The zero-order valence-corrected chi connectivity index (χ0v) is 11.5. The topological polar surface area (TPSA) is 50.4 Å². The Morgan fingerprint density at radius 3 is 3.00 bits per heavy atom. The van der Waals surface area contributed by atoms with Crippen molar-refractivity contribution < 1.29 is 9.53 Å². The van der Waals surface area contributed by atoms with E-state index < -0.39 is 0 Å². The Morgan fingerprint density at radius 1 is 1.50 bits per heavy atom. The largest absolute Gasteiger partial charge is 0.381 e. The monoisotopic (exact) mass is 254 g/mol. The average Bonchev–Trinajstić information content (AvgIpc) is 2.46. The summed E-state index contributed by atoms with van der Waals surface area (Å²) in [7, 11) is 0. The molecular weight excluding hydrogens is 228 g/mol. The van der Waals surface area contributed by atoms with Crippen LogP contribution in [0.5, 0.6) is 0 Å². The molecule has 2 aliphatic rings. The van der Waals surface area contributed by atoms with Gasteiger partial charge in [-0.25, -0.2) is 0 Å². The number of hydrogen-bond donors (Lipinski definition) is 2. The minimum atomic E-state index is -0.173. The zero-order valence-electron chi connectivity index (χ0n) is 11.5. The number of carbonyl (C=O) groups excluding carboxylic acids is 1. The summed E-state index contributed by atoms with van der Waals surface area (Å²) in [5.74, 6) is 0.746. The third-order valence-corrected chi connectivity index (χ3v) is 4.44. The molecule has 2 heterocycles. The van der Waals surface area contributed by atoms with Gasteiger partial charge in [-0.3, -0.25) is 4.79 Å². The van der Waals surface area contributed by atoms with E-state index in [2.05, 4.69) is 17.6 Å². The summed E-state index contributed by atoms with van der Waals surface area (Å²) in [6.45, 7) is 6.46. The van der Waals surface area contributed by atoms with Gasteiger partial charge in [0, 0.05) is 19.7 Å². The SMILES string of the molecule is CCC1(C(=O)NCC2CCCOC2)CCCNC1. The van der Waals surface area contributed by atoms with E-state index in [1.54, 1.807) is 0 Å².